The molecule has 0 spiro atoms. The first-order chi connectivity index (χ1) is 9.26. The van der Waals surface area contributed by atoms with E-state index in [2.05, 4.69) is 15.3 Å². The van der Waals surface area contributed by atoms with Gasteiger partial charge in [0.05, 0.1) is 12.1 Å². The zero-order valence-electron chi connectivity index (χ0n) is 10.7. The number of benzene rings is 1. The lowest BCUT2D eigenvalue weighted by molar-refractivity contribution is 0.400. The Kier molecular flexibility index (Phi) is 4.87. The topological polar surface area (TPSA) is 47.0 Å². The first-order valence-electron chi connectivity index (χ1n) is 5.81. The van der Waals surface area contributed by atoms with Gasteiger partial charge in [0.15, 0.2) is 11.6 Å². The molecule has 0 unspecified atom stereocenters. The fourth-order valence-corrected chi connectivity index (χ4v) is 2.68. The van der Waals surface area contributed by atoms with Gasteiger partial charge in [-0.1, -0.05) is 35.5 Å². The highest BCUT2D eigenvalue weighted by Crippen LogP contribution is 2.39. The van der Waals surface area contributed by atoms with Crippen molar-refractivity contribution in [3.05, 3.63) is 35.6 Å². The molecule has 0 atom stereocenters. The van der Waals surface area contributed by atoms with Crippen LogP contribution in [0.4, 0.5) is 5.82 Å². The van der Waals surface area contributed by atoms with Crippen LogP contribution < -0.4 is 10.1 Å². The maximum absolute atomic E-state index is 6.15. The Labute approximate surface area is 121 Å². The largest absolute Gasteiger partial charge is 0.490 e. The van der Waals surface area contributed by atoms with Crippen molar-refractivity contribution in [2.75, 3.05) is 19.0 Å². The highest BCUT2D eigenvalue weighted by atomic mass is 35.5. The summed E-state index contributed by atoms with van der Waals surface area (Å²) < 4.78 is 5.39. The quantitative estimate of drug-likeness (QED) is 0.852. The van der Waals surface area contributed by atoms with E-state index in [0.717, 1.165) is 16.5 Å². The number of nitrogens with one attached hydrogen (secondary N) is 1. The van der Waals surface area contributed by atoms with Crippen LogP contribution in [-0.4, -0.2) is 23.6 Å². The van der Waals surface area contributed by atoms with Crippen LogP contribution >= 0.6 is 23.4 Å². The van der Waals surface area contributed by atoms with E-state index < -0.39 is 0 Å². The molecule has 0 radical (unpaired) electrons. The smallest absolute Gasteiger partial charge is 0.194 e. The maximum Gasteiger partial charge on any atom is 0.194 e. The number of rotatable bonds is 5. The van der Waals surface area contributed by atoms with Gasteiger partial charge < -0.3 is 10.1 Å². The van der Waals surface area contributed by atoms with Crippen LogP contribution in [0, 0.1) is 0 Å². The third kappa shape index (κ3) is 3.30. The third-order valence-electron chi connectivity index (χ3n) is 2.36. The number of hydrogen-bond donors (Lipinski definition) is 1. The van der Waals surface area contributed by atoms with Crippen LogP contribution in [0.3, 0.4) is 0 Å². The summed E-state index contributed by atoms with van der Waals surface area (Å²) in [6.45, 7) is 2.77. The molecular formula is C13H14ClN3OS. The molecule has 0 aliphatic rings. The molecule has 0 amide bonds. The number of aromatic nitrogens is 2. The van der Waals surface area contributed by atoms with Crippen molar-refractivity contribution in [3.63, 3.8) is 0 Å². The molecule has 0 fully saturated rings. The van der Waals surface area contributed by atoms with Gasteiger partial charge in [0, 0.05) is 11.4 Å². The second kappa shape index (κ2) is 6.63. The molecule has 2 rings (SSSR count). The highest BCUT2D eigenvalue weighted by Gasteiger charge is 2.13. The normalized spacial score (nSPS) is 10.3. The van der Waals surface area contributed by atoms with Gasteiger partial charge in [-0.15, -0.1) is 0 Å². The Morgan fingerprint density at radius 3 is 2.79 bits per heavy atom. The summed E-state index contributed by atoms with van der Waals surface area (Å²) in [5.74, 6) is 1.32. The van der Waals surface area contributed by atoms with Crippen molar-refractivity contribution >= 4 is 29.2 Å². The third-order valence-corrected chi connectivity index (χ3v) is 3.86. The first kappa shape index (κ1) is 14.0. The van der Waals surface area contributed by atoms with Crippen LogP contribution in [0.15, 0.2) is 40.5 Å². The average molecular weight is 296 g/mol. The van der Waals surface area contributed by atoms with Gasteiger partial charge in [0.25, 0.3) is 0 Å². The average Bonchev–Trinajstić information content (AvgIpc) is 2.42. The molecule has 1 aromatic heterocycles. The summed E-state index contributed by atoms with van der Waals surface area (Å²) in [4.78, 5) is 9.36. The first-order valence-corrected chi connectivity index (χ1v) is 7.01. The van der Waals surface area contributed by atoms with E-state index in [4.69, 9.17) is 16.3 Å². The van der Waals surface area contributed by atoms with Crippen molar-refractivity contribution < 1.29 is 4.74 Å². The van der Waals surface area contributed by atoms with Gasteiger partial charge in [-0.05, 0) is 19.1 Å². The predicted molar refractivity (Wildman–Crippen MR) is 78.3 cm³/mol. The Bertz CT molecular complexity index is 565. The van der Waals surface area contributed by atoms with Gasteiger partial charge in [-0.25, -0.2) is 9.97 Å². The lowest BCUT2D eigenvalue weighted by Crippen LogP contribution is -2.03. The summed E-state index contributed by atoms with van der Waals surface area (Å²) in [5.41, 5.74) is 0. The fourth-order valence-electron chi connectivity index (χ4n) is 1.54. The molecular weight excluding hydrogens is 282 g/mol. The fraction of sp³-hybridized carbons (Fsp3) is 0.231. The van der Waals surface area contributed by atoms with Gasteiger partial charge in [0.2, 0.25) is 0 Å². The summed E-state index contributed by atoms with van der Waals surface area (Å²) in [6.07, 6.45) is 1.51. The van der Waals surface area contributed by atoms with Crippen LogP contribution in [0.1, 0.15) is 6.92 Å². The number of nitrogens with zero attached hydrogens (tertiary/aromatic N) is 2. The minimum absolute atomic E-state index is 0.634. The second-order valence-electron chi connectivity index (χ2n) is 3.62. The van der Waals surface area contributed by atoms with Gasteiger partial charge >= 0.3 is 0 Å². The molecule has 4 nitrogen and oxygen atoms in total. The van der Waals surface area contributed by atoms with Crippen molar-refractivity contribution in [2.45, 2.75) is 16.8 Å². The van der Waals surface area contributed by atoms with Crippen molar-refractivity contribution in [3.8, 4) is 5.75 Å². The molecule has 1 heterocycles. The molecule has 100 valence electrons. The molecule has 0 saturated heterocycles. The van der Waals surface area contributed by atoms with E-state index in [0.29, 0.717) is 16.6 Å². The van der Waals surface area contributed by atoms with Crippen LogP contribution in [-0.2, 0) is 0 Å². The molecule has 19 heavy (non-hydrogen) atoms. The van der Waals surface area contributed by atoms with E-state index in [1.165, 1.54) is 18.1 Å². The molecule has 0 aliphatic heterocycles. The lowest BCUT2D eigenvalue weighted by atomic mass is 10.4. The second-order valence-corrected chi connectivity index (χ2v) is 5.06. The number of hydrogen-bond acceptors (Lipinski definition) is 5. The summed E-state index contributed by atoms with van der Waals surface area (Å²) >= 11 is 7.61. The van der Waals surface area contributed by atoms with Crippen LogP contribution in [0.25, 0.3) is 0 Å². The van der Waals surface area contributed by atoms with E-state index in [1.54, 1.807) is 7.11 Å². The van der Waals surface area contributed by atoms with Crippen molar-refractivity contribution in [2.24, 2.45) is 0 Å². The van der Waals surface area contributed by atoms with E-state index in [9.17, 15) is 0 Å². The minimum atomic E-state index is 0.634. The summed E-state index contributed by atoms with van der Waals surface area (Å²) in [6, 6.07) is 7.63. The predicted octanol–water partition coefficient (Wildman–Crippen LogP) is 3.72. The molecule has 6 heteroatoms. The van der Waals surface area contributed by atoms with Gasteiger partial charge in [0.1, 0.15) is 11.4 Å². The number of ether oxygens (including phenoxy) is 1. The molecule has 2 aromatic rings. The molecule has 1 N–H and O–H groups in total. The standard InChI is InChI=1S/C13H14ClN3OS/c1-3-15-12-11(18-2)13(17-8-16-12)19-10-7-5-4-6-9(10)14/h4-8H,3H2,1-2H3,(H,15,16,17). The number of anilines is 1. The number of methoxy groups -OCH3 is 1. The summed E-state index contributed by atoms with van der Waals surface area (Å²) in [7, 11) is 1.61. The SMILES string of the molecule is CCNc1ncnc(Sc2ccccc2Cl)c1OC. The zero-order chi connectivity index (χ0) is 13.7. The molecule has 0 aliphatic carbocycles. The minimum Gasteiger partial charge on any atom is -0.490 e. The Morgan fingerprint density at radius 2 is 2.11 bits per heavy atom. The van der Waals surface area contributed by atoms with Crippen LogP contribution in [0.5, 0.6) is 5.75 Å². The van der Waals surface area contributed by atoms with E-state index >= 15 is 0 Å². The Balaban J connectivity index is 2.35. The maximum atomic E-state index is 6.15. The molecule has 0 saturated carbocycles. The molecule has 1 aromatic carbocycles. The van der Waals surface area contributed by atoms with Crippen molar-refractivity contribution in [1.29, 1.82) is 0 Å². The van der Waals surface area contributed by atoms with Gasteiger partial charge in [-0.2, -0.15) is 0 Å². The Hall–Kier alpha value is -1.46. The molecule has 0 bridgehead atoms. The zero-order valence-corrected chi connectivity index (χ0v) is 12.3. The lowest BCUT2D eigenvalue weighted by Gasteiger charge is -2.12. The Morgan fingerprint density at radius 1 is 1.32 bits per heavy atom. The van der Waals surface area contributed by atoms with Gasteiger partial charge in [-0.3, -0.25) is 0 Å². The number of halogens is 1. The van der Waals surface area contributed by atoms with Crippen molar-refractivity contribution in [1.82, 2.24) is 9.97 Å². The van der Waals surface area contributed by atoms with E-state index in [-0.39, 0.29) is 0 Å². The summed E-state index contributed by atoms with van der Waals surface area (Å²) in [5, 5.41) is 4.58. The monoisotopic (exact) mass is 295 g/mol. The highest BCUT2D eigenvalue weighted by molar-refractivity contribution is 7.99. The van der Waals surface area contributed by atoms with Crippen LogP contribution in [0.2, 0.25) is 5.02 Å². The van der Waals surface area contributed by atoms with E-state index in [1.807, 2.05) is 31.2 Å².